The Morgan fingerprint density at radius 2 is 2.27 bits per heavy atom. The maximum absolute atomic E-state index is 4.95. The largest absolute Gasteiger partial charge is 0.385 e. The predicted molar refractivity (Wildman–Crippen MR) is 46.7 cm³/mol. The normalized spacial score (nSPS) is 18.3. The Morgan fingerprint density at radius 3 is 2.82 bits per heavy atom. The zero-order valence-corrected chi connectivity index (χ0v) is 7.44. The Bertz CT molecular complexity index is 91.6. The van der Waals surface area contributed by atoms with Crippen molar-refractivity contribution in [3.05, 3.63) is 0 Å². The molecule has 2 heteroatoms. The fourth-order valence-corrected chi connectivity index (χ4v) is 1.34. The first-order valence-electron chi connectivity index (χ1n) is 4.63. The lowest BCUT2D eigenvalue weighted by Gasteiger charge is -2.25. The topological polar surface area (TPSA) is 21.3 Å². The van der Waals surface area contributed by atoms with Gasteiger partial charge in [0.2, 0.25) is 0 Å². The van der Waals surface area contributed by atoms with E-state index < -0.39 is 0 Å². The van der Waals surface area contributed by atoms with Gasteiger partial charge in [-0.15, -0.1) is 0 Å². The second kappa shape index (κ2) is 5.56. The van der Waals surface area contributed by atoms with Crippen LogP contribution in [-0.4, -0.2) is 26.8 Å². The molecule has 0 saturated heterocycles. The minimum Gasteiger partial charge on any atom is -0.385 e. The van der Waals surface area contributed by atoms with Gasteiger partial charge < -0.3 is 10.1 Å². The molecular weight excluding hydrogens is 138 g/mol. The molecule has 66 valence electrons. The summed E-state index contributed by atoms with van der Waals surface area (Å²) in [6.45, 7) is 3.23. The van der Waals surface area contributed by atoms with E-state index in [2.05, 4.69) is 5.32 Å². The van der Waals surface area contributed by atoms with Gasteiger partial charge in [-0.25, -0.2) is 0 Å². The highest BCUT2D eigenvalue weighted by atomic mass is 16.5. The average molecular weight is 157 g/mol. The lowest BCUT2D eigenvalue weighted by Crippen LogP contribution is -2.28. The summed E-state index contributed by atoms with van der Waals surface area (Å²) in [5.74, 6) is 0.984. The van der Waals surface area contributed by atoms with Crippen LogP contribution in [0, 0.1) is 5.92 Å². The monoisotopic (exact) mass is 157 g/mol. The molecule has 11 heavy (non-hydrogen) atoms. The van der Waals surface area contributed by atoms with E-state index in [0.717, 1.165) is 25.5 Å². The zero-order chi connectivity index (χ0) is 7.94. The van der Waals surface area contributed by atoms with Crippen molar-refractivity contribution in [2.24, 2.45) is 5.92 Å². The van der Waals surface area contributed by atoms with E-state index in [1.54, 1.807) is 7.11 Å². The summed E-state index contributed by atoms with van der Waals surface area (Å²) in [6, 6.07) is 0. The van der Waals surface area contributed by atoms with Crippen LogP contribution in [-0.2, 0) is 4.74 Å². The molecule has 0 amide bonds. The fraction of sp³-hybridized carbons (Fsp3) is 1.00. The van der Waals surface area contributed by atoms with Gasteiger partial charge >= 0.3 is 0 Å². The summed E-state index contributed by atoms with van der Waals surface area (Å²) in [5.41, 5.74) is 0. The van der Waals surface area contributed by atoms with Gasteiger partial charge in [-0.1, -0.05) is 6.42 Å². The van der Waals surface area contributed by atoms with E-state index in [1.165, 1.54) is 25.8 Å². The number of methoxy groups -OCH3 is 1. The van der Waals surface area contributed by atoms with E-state index >= 15 is 0 Å². The molecule has 2 nitrogen and oxygen atoms in total. The van der Waals surface area contributed by atoms with E-state index in [-0.39, 0.29) is 0 Å². The average Bonchev–Trinajstić information content (AvgIpc) is 1.93. The lowest BCUT2D eigenvalue weighted by molar-refractivity contribution is 0.192. The molecule has 1 fully saturated rings. The van der Waals surface area contributed by atoms with Gasteiger partial charge in [-0.3, -0.25) is 0 Å². The van der Waals surface area contributed by atoms with Crippen LogP contribution < -0.4 is 5.32 Å². The van der Waals surface area contributed by atoms with Crippen molar-refractivity contribution in [1.82, 2.24) is 5.32 Å². The van der Waals surface area contributed by atoms with Crippen LogP contribution in [0.25, 0.3) is 0 Å². The SMILES string of the molecule is COCCCNCC1CCC1. The summed E-state index contributed by atoms with van der Waals surface area (Å²) in [4.78, 5) is 0. The number of ether oxygens (including phenoxy) is 1. The molecule has 1 aliphatic rings. The number of rotatable bonds is 6. The van der Waals surface area contributed by atoms with Crippen molar-refractivity contribution < 1.29 is 4.74 Å². The third-order valence-corrected chi connectivity index (χ3v) is 2.36. The van der Waals surface area contributed by atoms with Crippen LogP contribution in [0.4, 0.5) is 0 Å². The Morgan fingerprint density at radius 1 is 1.45 bits per heavy atom. The van der Waals surface area contributed by atoms with Gasteiger partial charge in [0.1, 0.15) is 0 Å². The van der Waals surface area contributed by atoms with Gasteiger partial charge in [-0.2, -0.15) is 0 Å². The second-order valence-electron chi connectivity index (χ2n) is 3.35. The molecule has 0 atom stereocenters. The van der Waals surface area contributed by atoms with E-state index in [1.807, 2.05) is 0 Å². The summed E-state index contributed by atoms with van der Waals surface area (Å²) in [7, 11) is 1.76. The van der Waals surface area contributed by atoms with Crippen LogP contribution >= 0.6 is 0 Å². The van der Waals surface area contributed by atoms with Crippen molar-refractivity contribution in [3.8, 4) is 0 Å². The smallest absolute Gasteiger partial charge is 0.0474 e. The predicted octanol–water partition coefficient (Wildman–Crippen LogP) is 1.41. The third-order valence-electron chi connectivity index (χ3n) is 2.36. The fourth-order valence-electron chi connectivity index (χ4n) is 1.34. The van der Waals surface area contributed by atoms with Crippen molar-refractivity contribution in [2.45, 2.75) is 25.7 Å². The van der Waals surface area contributed by atoms with Crippen LogP contribution in [0.3, 0.4) is 0 Å². The molecule has 0 spiro atoms. The zero-order valence-electron chi connectivity index (χ0n) is 7.44. The third kappa shape index (κ3) is 3.73. The number of hydrogen-bond donors (Lipinski definition) is 1. The summed E-state index contributed by atoms with van der Waals surface area (Å²) >= 11 is 0. The van der Waals surface area contributed by atoms with E-state index in [4.69, 9.17) is 4.74 Å². The van der Waals surface area contributed by atoms with Crippen LogP contribution in [0.2, 0.25) is 0 Å². The highest BCUT2D eigenvalue weighted by molar-refractivity contribution is 4.71. The maximum Gasteiger partial charge on any atom is 0.0474 e. The van der Waals surface area contributed by atoms with Crippen molar-refractivity contribution >= 4 is 0 Å². The maximum atomic E-state index is 4.95. The summed E-state index contributed by atoms with van der Waals surface area (Å²) in [6.07, 6.45) is 5.47. The summed E-state index contributed by atoms with van der Waals surface area (Å²) < 4.78 is 4.95. The van der Waals surface area contributed by atoms with Gasteiger partial charge in [0.15, 0.2) is 0 Å². The Hall–Kier alpha value is -0.0800. The van der Waals surface area contributed by atoms with Gasteiger partial charge in [0, 0.05) is 13.7 Å². The van der Waals surface area contributed by atoms with Gasteiger partial charge in [0.25, 0.3) is 0 Å². The van der Waals surface area contributed by atoms with Crippen LogP contribution in [0.15, 0.2) is 0 Å². The molecule has 0 aromatic carbocycles. The first-order chi connectivity index (χ1) is 5.43. The standard InChI is InChI=1S/C9H19NO/c1-11-7-3-6-10-8-9-4-2-5-9/h9-10H,2-8H2,1H3. The Labute approximate surface area is 69.3 Å². The van der Waals surface area contributed by atoms with Crippen molar-refractivity contribution in [2.75, 3.05) is 26.8 Å². The number of nitrogens with one attached hydrogen (secondary N) is 1. The molecule has 0 aliphatic heterocycles. The van der Waals surface area contributed by atoms with Gasteiger partial charge in [-0.05, 0) is 38.3 Å². The molecule has 0 radical (unpaired) electrons. The molecule has 1 rings (SSSR count). The van der Waals surface area contributed by atoms with Crippen LogP contribution in [0.1, 0.15) is 25.7 Å². The first kappa shape index (κ1) is 9.01. The minimum absolute atomic E-state index is 0.887. The molecule has 1 N–H and O–H groups in total. The van der Waals surface area contributed by atoms with Crippen LogP contribution in [0.5, 0.6) is 0 Å². The molecular formula is C9H19NO. The Balaban J connectivity index is 1.73. The van der Waals surface area contributed by atoms with Gasteiger partial charge in [0.05, 0.1) is 0 Å². The Kier molecular flexibility index (Phi) is 4.55. The highest BCUT2D eigenvalue weighted by Gasteiger charge is 2.15. The summed E-state index contributed by atoms with van der Waals surface area (Å²) in [5, 5.41) is 3.44. The number of hydrogen-bond acceptors (Lipinski definition) is 2. The van der Waals surface area contributed by atoms with E-state index in [0.29, 0.717) is 0 Å². The quantitative estimate of drug-likeness (QED) is 0.589. The van der Waals surface area contributed by atoms with Crippen molar-refractivity contribution in [1.29, 1.82) is 0 Å². The molecule has 0 heterocycles. The molecule has 0 unspecified atom stereocenters. The molecule has 1 aliphatic carbocycles. The molecule has 0 bridgehead atoms. The molecule has 0 aromatic heterocycles. The van der Waals surface area contributed by atoms with E-state index in [9.17, 15) is 0 Å². The second-order valence-corrected chi connectivity index (χ2v) is 3.35. The minimum atomic E-state index is 0.887. The van der Waals surface area contributed by atoms with Crippen molar-refractivity contribution in [3.63, 3.8) is 0 Å². The highest BCUT2D eigenvalue weighted by Crippen LogP contribution is 2.24. The first-order valence-corrected chi connectivity index (χ1v) is 4.63. The lowest BCUT2D eigenvalue weighted by atomic mass is 9.85. The molecule has 0 aromatic rings. The molecule has 1 saturated carbocycles.